The lowest BCUT2D eigenvalue weighted by molar-refractivity contribution is 0.174. The van der Waals surface area contributed by atoms with E-state index in [0.717, 1.165) is 16.5 Å². The van der Waals surface area contributed by atoms with E-state index in [0.29, 0.717) is 29.5 Å². The minimum Gasteiger partial charge on any atom is -0.454 e. The topological polar surface area (TPSA) is 64.6 Å². The lowest BCUT2D eigenvalue weighted by Gasteiger charge is -2.04. The number of hydrogen-bond donors (Lipinski definition) is 1. The first-order chi connectivity index (χ1) is 11.5. The van der Waals surface area contributed by atoms with Gasteiger partial charge < -0.3 is 9.47 Å². The summed E-state index contributed by atoms with van der Waals surface area (Å²) in [6.07, 6.45) is 2.09. The maximum atomic E-state index is 12.0. The Morgan fingerprint density at radius 3 is 2.62 bits per heavy atom. The molecule has 0 saturated heterocycles. The molecule has 2 aromatic carbocycles. The summed E-state index contributed by atoms with van der Waals surface area (Å²) in [6.45, 7) is 0.522. The van der Waals surface area contributed by atoms with Gasteiger partial charge in [-0.2, -0.15) is 0 Å². The van der Waals surface area contributed by atoms with Crippen LogP contribution in [0.4, 0.5) is 0 Å². The van der Waals surface area contributed by atoms with Crippen LogP contribution in [0.25, 0.3) is 6.08 Å². The highest BCUT2D eigenvalue weighted by Gasteiger charge is 2.13. The molecule has 0 aliphatic carbocycles. The smallest absolute Gasteiger partial charge is 0.233 e. The van der Waals surface area contributed by atoms with Crippen LogP contribution in [0.15, 0.2) is 47.9 Å². The third-order valence-corrected chi connectivity index (χ3v) is 4.82. The maximum Gasteiger partial charge on any atom is 0.233 e. The predicted octanol–water partition coefficient (Wildman–Crippen LogP) is 3.20. The van der Waals surface area contributed by atoms with E-state index in [2.05, 4.69) is 4.72 Å². The largest absolute Gasteiger partial charge is 0.454 e. The Balaban J connectivity index is 1.54. The molecule has 5 nitrogen and oxygen atoms in total. The molecule has 0 amide bonds. The van der Waals surface area contributed by atoms with Gasteiger partial charge in [-0.25, -0.2) is 13.1 Å². The van der Waals surface area contributed by atoms with Gasteiger partial charge in [0.2, 0.25) is 16.8 Å². The first-order valence-electron chi connectivity index (χ1n) is 7.34. The van der Waals surface area contributed by atoms with Crippen molar-refractivity contribution in [3.05, 3.63) is 64.0 Å². The molecule has 0 spiro atoms. The number of fused-ring (bicyclic) bond motifs is 1. The lowest BCUT2D eigenvalue weighted by atomic mass is 10.1. The van der Waals surface area contributed by atoms with Crippen LogP contribution in [0.3, 0.4) is 0 Å². The van der Waals surface area contributed by atoms with Gasteiger partial charge in [0.15, 0.2) is 11.5 Å². The number of benzene rings is 2. The second-order valence-corrected chi connectivity index (χ2v) is 7.32. The van der Waals surface area contributed by atoms with E-state index in [-0.39, 0.29) is 6.79 Å². The third-order valence-electron chi connectivity index (χ3n) is 3.46. The van der Waals surface area contributed by atoms with Gasteiger partial charge in [0.1, 0.15) is 0 Å². The highest BCUT2D eigenvalue weighted by Crippen LogP contribution is 2.32. The third kappa shape index (κ3) is 4.50. The zero-order chi connectivity index (χ0) is 17.0. The van der Waals surface area contributed by atoms with Crippen LogP contribution in [0.5, 0.6) is 11.5 Å². The van der Waals surface area contributed by atoms with Gasteiger partial charge in [0.25, 0.3) is 0 Å². The van der Waals surface area contributed by atoms with E-state index >= 15 is 0 Å². The van der Waals surface area contributed by atoms with Crippen LogP contribution >= 0.6 is 11.6 Å². The predicted molar refractivity (Wildman–Crippen MR) is 93.7 cm³/mol. The Labute approximate surface area is 145 Å². The first kappa shape index (κ1) is 16.8. The van der Waals surface area contributed by atoms with Gasteiger partial charge in [-0.1, -0.05) is 29.8 Å². The van der Waals surface area contributed by atoms with E-state index in [1.54, 1.807) is 24.3 Å². The van der Waals surface area contributed by atoms with E-state index < -0.39 is 10.0 Å². The fourth-order valence-corrected chi connectivity index (χ4v) is 3.17. The first-order valence-corrected chi connectivity index (χ1v) is 9.26. The van der Waals surface area contributed by atoms with Gasteiger partial charge in [-0.15, -0.1) is 0 Å². The Morgan fingerprint density at radius 2 is 1.83 bits per heavy atom. The zero-order valence-electron chi connectivity index (χ0n) is 12.7. The summed E-state index contributed by atoms with van der Waals surface area (Å²) < 4.78 is 37.0. The summed E-state index contributed by atoms with van der Waals surface area (Å²) in [6, 6.07) is 12.5. The number of halogens is 1. The van der Waals surface area contributed by atoms with Crippen molar-refractivity contribution < 1.29 is 17.9 Å². The van der Waals surface area contributed by atoms with Crippen LogP contribution < -0.4 is 14.2 Å². The standard InChI is InChI=1S/C17H16ClNO4S/c18-15-4-1-13(2-5-15)8-10-24(20,21)19-9-7-14-3-6-16-17(11-14)23-12-22-16/h1-6,8,10-11,19H,7,9,12H2/b10-8-. The molecule has 0 aromatic heterocycles. The number of rotatable bonds is 6. The molecule has 126 valence electrons. The molecule has 7 heteroatoms. The molecule has 0 atom stereocenters. The van der Waals surface area contributed by atoms with E-state index in [1.165, 1.54) is 6.08 Å². The van der Waals surface area contributed by atoms with Crippen LogP contribution in [0, 0.1) is 0 Å². The molecular weight excluding hydrogens is 350 g/mol. The molecule has 0 saturated carbocycles. The molecule has 24 heavy (non-hydrogen) atoms. The average Bonchev–Trinajstić information content (AvgIpc) is 3.02. The van der Waals surface area contributed by atoms with Crippen LogP contribution in [0.2, 0.25) is 5.02 Å². The SMILES string of the molecule is O=S(=O)(/C=C\c1ccc(Cl)cc1)NCCc1ccc2c(c1)OCO2. The van der Waals surface area contributed by atoms with Crippen molar-refractivity contribution in [2.24, 2.45) is 0 Å². The van der Waals surface area contributed by atoms with Crippen molar-refractivity contribution in [1.29, 1.82) is 0 Å². The fourth-order valence-electron chi connectivity index (χ4n) is 2.22. The molecule has 0 unspecified atom stereocenters. The van der Waals surface area contributed by atoms with Crippen molar-refractivity contribution in [2.45, 2.75) is 6.42 Å². The Morgan fingerprint density at radius 1 is 1.08 bits per heavy atom. The molecule has 0 fully saturated rings. The molecule has 0 radical (unpaired) electrons. The van der Waals surface area contributed by atoms with Crippen LogP contribution in [-0.2, 0) is 16.4 Å². The van der Waals surface area contributed by atoms with Gasteiger partial charge in [0.05, 0.1) is 0 Å². The minimum absolute atomic E-state index is 0.223. The van der Waals surface area contributed by atoms with Gasteiger partial charge in [-0.05, 0) is 47.9 Å². The molecule has 1 N–H and O–H groups in total. The summed E-state index contributed by atoms with van der Waals surface area (Å²) >= 11 is 5.79. The molecule has 1 heterocycles. The number of sulfonamides is 1. The summed E-state index contributed by atoms with van der Waals surface area (Å²) in [5.41, 5.74) is 1.74. The van der Waals surface area contributed by atoms with Crippen molar-refractivity contribution in [3.63, 3.8) is 0 Å². The lowest BCUT2D eigenvalue weighted by Crippen LogP contribution is -2.23. The zero-order valence-corrected chi connectivity index (χ0v) is 14.3. The van der Waals surface area contributed by atoms with Crippen molar-refractivity contribution in [1.82, 2.24) is 4.72 Å². The Hall–Kier alpha value is -2.02. The quantitative estimate of drug-likeness (QED) is 0.853. The molecule has 0 bridgehead atoms. The summed E-state index contributed by atoms with van der Waals surface area (Å²) in [4.78, 5) is 0. The highest BCUT2D eigenvalue weighted by molar-refractivity contribution is 7.92. The second kappa shape index (κ2) is 7.25. The molecule has 2 aromatic rings. The van der Waals surface area contributed by atoms with Gasteiger partial charge in [-0.3, -0.25) is 0 Å². The van der Waals surface area contributed by atoms with Crippen LogP contribution in [-0.4, -0.2) is 21.8 Å². The minimum atomic E-state index is -3.49. The Bertz CT molecular complexity index is 847. The monoisotopic (exact) mass is 365 g/mol. The fraction of sp³-hybridized carbons (Fsp3) is 0.176. The Kier molecular flexibility index (Phi) is 5.08. The average molecular weight is 366 g/mol. The van der Waals surface area contributed by atoms with Gasteiger partial charge >= 0.3 is 0 Å². The van der Waals surface area contributed by atoms with E-state index in [9.17, 15) is 8.42 Å². The van der Waals surface area contributed by atoms with Crippen molar-refractivity contribution in [2.75, 3.05) is 13.3 Å². The number of nitrogens with one attached hydrogen (secondary N) is 1. The van der Waals surface area contributed by atoms with Crippen molar-refractivity contribution in [3.8, 4) is 11.5 Å². The number of hydrogen-bond acceptors (Lipinski definition) is 4. The summed E-state index contributed by atoms with van der Waals surface area (Å²) in [5, 5.41) is 1.76. The van der Waals surface area contributed by atoms with Crippen molar-refractivity contribution >= 4 is 27.7 Å². The molecule has 1 aliphatic heterocycles. The van der Waals surface area contributed by atoms with Crippen LogP contribution in [0.1, 0.15) is 11.1 Å². The summed E-state index contributed by atoms with van der Waals surface area (Å²) in [7, 11) is -3.49. The highest BCUT2D eigenvalue weighted by atomic mass is 35.5. The molecule has 3 rings (SSSR count). The maximum absolute atomic E-state index is 12.0. The second-order valence-electron chi connectivity index (χ2n) is 5.23. The molecule has 1 aliphatic rings. The molecular formula is C17H16ClNO4S. The number of ether oxygens (including phenoxy) is 2. The van der Waals surface area contributed by atoms with Gasteiger partial charge in [0, 0.05) is 17.0 Å². The van der Waals surface area contributed by atoms with E-state index in [4.69, 9.17) is 21.1 Å². The normalized spacial score (nSPS) is 13.5. The van der Waals surface area contributed by atoms with E-state index in [1.807, 2.05) is 18.2 Å². The summed E-state index contributed by atoms with van der Waals surface area (Å²) in [5.74, 6) is 1.41.